The van der Waals surface area contributed by atoms with Crippen LogP contribution in [0.3, 0.4) is 0 Å². The Morgan fingerprint density at radius 3 is 2.47 bits per heavy atom. The molecule has 19 heavy (non-hydrogen) atoms. The molecule has 108 valence electrons. The minimum Gasteiger partial charge on any atom is -0.337 e. The lowest BCUT2D eigenvalue weighted by molar-refractivity contribution is 0.177. The third-order valence-electron chi connectivity index (χ3n) is 4.55. The second-order valence-electron chi connectivity index (χ2n) is 7.36. The van der Waals surface area contributed by atoms with E-state index in [1.54, 1.807) is 0 Å². The second kappa shape index (κ2) is 5.43. The highest BCUT2D eigenvalue weighted by molar-refractivity contribution is 7.71. The van der Waals surface area contributed by atoms with Crippen molar-refractivity contribution >= 4 is 12.2 Å². The molecule has 0 saturated heterocycles. The van der Waals surface area contributed by atoms with Crippen LogP contribution in [-0.2, 0) is 5.41 Å². The number of nitrogens with zero attached hydrogens (tertiary/aromatic N) is 1. The van der Waals surface area contributed by atoms with Crippen molar-refractivity contribution < 1.29 is 0 Å². The average molecular weight is 280 g/mol. The molecule has 0 radical (unpaired) electrons. The lowest BCUT2D eigenvalue weighted by Gasteiger charge is -2.37. The van der Waals surface area contributed by atoms with Crippen molar-refractivity contribution in [3.05, 3.63) is 16.7 Å². The average Bonchev–Trinajstić information content (AvgIpc) is 2.70. The maximum Gasteiger partial charge on any atom is 0.177 e. The zero-order valence-corrected chi connectivity index (χ0v) is 13.8. The quantitative estimate of drug-likeness (QED) is 0.736. The van der Waals surface area contributed by atoms with Crippen LogP contribution in [0.25, 0.3) is 0 Å². The van der Waals surface area contributed by atoms with E-state index < -0.39 is 0 Å². The summed E-state index contributed by atoms with van der Waals surface area (Å²) < 4.78 is 3.33. The Labute approximate surface area is 122 Å². The zero-order valence-electron chi connectivity index (χ0n) is 13.0. The number of aromatic nitrogens is 2. The van der Waals surface area contributed by atoms with Gasteiger partial charge in [0, 0.05) is 23.3 Å². The summed E-state index contributed by atoms with van der Waals surface area (Å²) in [5.41, 5.74) is 1.50. The molecule has 2 atom stereocenters. The number of H-pyrrole nitrogens is 1. The molecule has 1 fully saturated rings. The van der Waals surface area contributed by atoms with E-state index in [1.165, 1.54) is 31.4 Å². The van der Waals surface area contributed by atoms with Crippen molar-refractivity contribution in [2.24, 2.45) is 11.8 Å². The van der Waals surface area contributed by atoms with Crippen molar-refractivity contribution in [1.82, 2.24) is 9.55 Å². The third-order valence-corrected chi connectivity index (χ3v) is 4.86. The third kappa shape index (κ3) is 2.96. The van der Waals surface area contributed by atoms with Gasteiger partial charge in [0.1, 0.15) is 0 Å². The summed E-state index contributed by atoms with van der Waals surface area (Å²) in [6, 6.07) is 0.585. The number of rotatable bonds is 2. The molecule has 1 aromatic rings. The highest BCUT2D eigenvalue weighted by Crippen LogP contribution is 2.40. The molecular formula is C16H28N2S. The molecule has 2 rings (SSSR count). The highest BCUT2D eigenvalue weighted by atomic mass is 32.1. The van der Waals surface area contributed by atoms with E-state index in [0.717, 1.165) is 16.6 Å². The van der Waals surface area contributed by atoms with Gasteiger partial charge in [-0.1, -0.05) is 47.5 Å². The first-order valence-electron chi connectivity index (χ1n) is 7.62. The minimum atomic E-state index is 0.145. The van der Waals surface area contributed by atoms with Gasteiger partial charge in [-0.3, -0.25) is 0 Å². The lowest BCUT2D eigenvalue weighted by atomic mass is 9.77. The summed E-state index contributed by atoms with van der Waals surface area (Å²) in [5.74, 6) is 1.49. The Morgan fingerprint density at radius 1 is 1.26 bits per heavy atom. The van der Waals surface area contributed by atoms with Crippen molar-refractivity contribution in [3.63, 3.8) is 0 Å². The predicted molar refractivity (Wildman–Crippen MR) is 84.1 cm³/mol. The molecule has 0 bridgehead atoms. The fraction of sp³-hybridized carbons (Fsp3) is 0.812. The molecule has 2 unspecified atom stereocenters. The molecule has 0 amide bonds. The number of hydrogen-bond donors (Lipinski definition) is 1. The van der Waals surface area contributed by atoms with E-state index in [9.17, 15) is 0 Å². The van der Waals surface area contributed by atoms with Gasteiger partial charge in [0.25, 0.3) is 0 Å². The molecule has 1 aliphatic rings. The first kappa shape index (κ1) is 14.8. The number of nitrogens with one attached hydrogen (secondary N) is 1. The fourth-order valence-corrected chi connectivity index (χ4v) is 3.82. The SMILES string of the molecule is CC(C)C1CCCCC1n1c(C(C)(C)C)c[nH]c1=S. The van der Waals surface area contributed by atoms with Gasteiger partial charge >= 0.3 is 0 Å². The first-order valence-corrected chi connectivity index (χ1v) is 8.03. The summed E-state index contributed by atoms with van der Waals surface area (Å²) in [4.78, 5) is 3.28. The van der Waals surface area contributed by atoms with Crippen LogP contribution in [0.15, 0.2) is 6.20 Å². The van der Waals surface area contributed by atoms with Crippen molar-refractivity contribution in [2.45, 2.75) is 71.8 Å². The van der Waals surface area contributed by atoms with Crippen LogP contribution in [-0.4, -0.2) is 9.55 Å². The topological polar surface area (TPSA) is 20.7 Å². The monoisotopic (exact) mass is 280 g/mol. The van der Waals surface area contributed by atoms with Crippen molar-refractivity contribution in [3.8, 4) is 0 Å². The molecule has 1 aromatic heterocycles. The maximum atomic E-state index is 5.57. The summed E-state index contributed by atoms with van der Waals surface area (Å²) in [7, 11) is 0. The Kier molecular flexibility index (Phi) is 4.24. The van der Waals surface area contributed by atoms with Gasteiger partial charge < -0.3 is 9.55 Å². The van der Waals surface area contributed by atoms with E-state index in [2.05, 4.69) is 50.4 Å². The Hall–Kier alpha value is -0.570. The molecule has 1 saturated carbocycles. The molecule has 2 nitrogen and oxygen atoms in total. The molecule has 1 aliphatic carbocycles. The van der Waals surface area contributed by atoms with Gasteiger partial charge in [0.2, 0.25) is 0 Å². The second-order valence-corrected chi connectivity index (χ2v) is 7.75. The molecular weight excluding hydrogens is 252 g/mol. The number of hydrogen-bond acceptors (Lipinski definition) is 1. The van der Waals surface area contributed by atoms with Crippen molar-refractivity contribution in [1.29, 1.82) is 0 Å². The van der Waals surface area contributed by atoms with E-state index >= 15 is 0 Å². The summed E-state index contributed by atoms with van der Waals surface area (Å²) >= 11 is 5.57. The van der Waals surface area contributed by atoms with Gasteiger partial charge in [-0.05, 0) is 36.9 Å². The summed E-state index contributed by atoms with van der Waals surface area (Å²) in [6.45, 7) is 11.5. The van der Waals surface area contributed by atoms with Crippen molar-refractivity contribution in [2.75, 3.05) is 0 Å². The molecule has 3 heteroatoms. The van der Waals surface area contributed by atoms with E-state index in [4.69, 9.17) is 12.2 Å². The van der Waals surface area contributed by atoms with Crippen LogP contribution in [0.5, 0.6) is 0 Å². The first-order chi connectivity index (χ1) is 8.82. The van der Waals surface area contributed by atoms with Gasteiger partial charge in [0.15, 0.2) is 4.77 Å². The van der Waals surface area contributed by atoms with Crippen LogP contribution in [0, 0.1) is 16.6 Å². The van der Waals surface area contributed by atoms with Gasteiger partial charge in [-0.25, -0.2) is 0 Å². The predicted octanol–water partition coefficient (Wildman–Crippen LogP) is 5.23. The normalized spacial score (nSPS) is 24.9. The molecule has 0 spiro atoms. The summed E-state index contributed by atoms with van der Waals surface area (Å²) in [5, 5.41) is 0. The van der Waals surface area contributed by atoms with Crippen LogP contribution in [0.2, 0.25) is 0 Å². The molecule has 0 aliphatic heterocycles. The Morgan fingerprint density at radius 2 is 1.89 bits per heavy atom. The summed E-state index contributed by atoms with van der Waals surface area (Å²) in [6.07, 6.45) is 7.46. The smallest absolute Gasteiger partial charge is 0.177 e. The standard InChI is InChI=1S/C16H28N2S/c1-11(2)12-8-6-7-9-13(12)18-14(16(3,4)5)10-17-15(18)19/h10-13H,6-9H2,1-5H3,(H,17,19). The molecule has 1 N–H and O–H groups in total. The minimum absolute atomic E-state index is 0.145. The van der Waals surface area contributed by atoms with Gasteiger partial charge in [-0.2, -0.15) is 0 Å². The van der Waals surface area contributed by atoms with Gasteiger partial charge in [0.05, 0.1) is 0 Å². The molecule has 0 aromatic carbocycles. The van der Waals surface area contributed by atoms with E-state index in [-0.39, 0.29) is 5.41 Å². The zero-order chi connectivity index (χ0) is 14.2. The number of aromatic amines is 1. The van der Waals surface area contributed by atoms with E-state index in [1.807, 2.05) is 0 Å². The van der Waals surface area contributed by atoms with Crippen LogP contribution in [0.1, 0.15) is 72.0 Å². The molecule has 1 heterocycles. The van der Waals surface area contributed by atoms with Crippen LogP contribution < -0.4 is 0 Å². The lowest BCUT2D eigenvalue weighted by Crippen LogP contribution is -2.30. The van der Waals surface area contributed by atoms with Crippen LogP contribution >= 0.6 is 12.2 Å². The largest absolute Gasteiger partial charge is 0.337 e. The van der Waals surface area contributed by atoms with Gasteiger partial charge in [-0.15, -0.1) is 0 Å². The highest BCUT2D eigenvalue weighted by Gasteiger charge is 2.32. The fourth-order valence-electron chi connectivity index (χ4n) is 3.52. The maximum absolute atomic E-state index is 5.57. The van der Waals surface area contributed by atoms with Crippen LogP contribution in [0.4, 0.5) is 0 Å². The van der Waals surface area contributed by atoms with E-state index in [0.29, 0.717) is 6.04 Å². The number of imidazole rings is 1. The Balaban J connectivity index is 2.45. The Bertz CT molecular complexity index is 476.